The van der Waals surface area contributed by atoms with E-state index in [9.17, 15) is 4.79 Å². The van der Waals surface area contributed by atoms with E-state index in [4.69, 9.17) is 0 Å². The van der Waals surface area contributed by atoms with Gasteiger partial charge in [-0.1, -0.05) is 87.4 Å². The van der Waals surface area contributed by atoms with Crippen molar-refractivity contribution < 1.29 is 4.79 Å². The molecule has 0 aliphatic heterocycles. The summed E-state index contributed by atoms with van der Waals surface area (Å²) in [6.07, 6.45) is 4.33. The van der Waals surface area contributed by atoms with Crippen LogP contribution in [0.4, 0.5) is 0 Å². The third-order valence-corrected chi connectivity index (χ3v) is 5.42. The highest BCUT2D eigenvalue weighted by Crippen LogP contribution is 2.57. The Morgan fingerprint density at radius 3 is 1.70 bits per heavy atom. The summed E-state index contributed by atoms with van der Waals surface area (Å²) in [5.41, 5.74) is 1.90. The predicted molar refractivity (Wildman–Crippen MR) is 95.5 cm³/mol. The summed E-state index contributed by atoms with van der Waals surface area (Å²) in [7, 11) is 0. The molecule has 1 heteroatoms. The SMILES string of the molecule is CCC[C@@H]1C(=O)C(c2ccccc2)(c2ccccc2)[C@@H]1CCC. The zero-order chi connectivity index (χ0) is 16.3. The van der Waals surface area contributed by atoms with Gasteiger partial charge in [-0.15, -0.1) is 0 Å². The Bertz CT molecular complexity index is 605. The van der Waals surface area contributed by atoms with Crippen LogP contribution in [0.15, 0.2) is 60.7 Å². The first-order chi connectivity index (χ1) is 11.3. The fraction of sp³-hybridized carbons (Fsp3) is 0.409. The number of Topliss-reactive ketones (excluding diaryl/α,β-unsaturated/α-hetero) is 1. The van der Waals surface area contributed by atoms with Gasteiger partial charge in [-0.2, -0.15) is 0 Å². The zero-order valence-electron chi connectivity index (χ0n) is 14.2. The highest BCUT2D eigenvalue weighted by molar-refractivity contribution is 6.02. The Morgan fingerprint density at radius 2 is 1.26 bits per heavy atom. The Morgan fingerprint density at radius 1 is 0.783 bits per heavy atom. The van der Waals surface area contributed by atoms with Crippen LogP contribution in [0.5, 0.6) is 0 Å². The van der Waals surface area contributed by atoms with Gasteiger partial charge in [0.15, 0.2) is 5.78 Å². The lowest BCUT2D eigenvalue weighted by atomic mass is 9.46. The lowest BCUT2D eigenvalue weighted by molar-refractivity contribution is -0.145. The van der Waals surface area contributed by atoms with Gasteiger partial charge in [0.1, 0.15) is 0 Å². The van der Waals surface area contributed by atoms with Crippen LogP contribution in [-0.4, -0.2) is 5.78 Å². The van der Waals surface area contributed by atoms with E-state index in [2.05, 4.69) is 62.4 Å². The van der Waals surface area contributed by atoms with Crippen LogP contribution >= 0.6 is 0 Å². The second-order valence-electron chi connectivity index (χ2n) is 6.69. The van der Waals surface area contributed by atoms with Gasteiger partial charge in [0.05, 0.1) is 5.41 Å². The Hall–Kier alpha value is -1.89. The summed E-state index contributed by atoms with van der Waals surface area (Å²) in [4.78, 5) is 13.4. The second-order valence-corrected chi connectivity index (χ2v) is 6.69. The molecule has 1 fully saturated rings. The van der Waals surface area contributed by atoms with Crippen molar-refractivity contribution in [1.82, 2.24) is 0 Å². The van der Waals surface area contributed by atoms with E-state index < -0.39 is 5.41 Å². The normalized spacial score (nSPS) is 22.6. The molecular formula is C22H26O. The minimum atomic E-state index is -0.432. The molecule has 0 spiro atoms. The van der Waals surface area contributed by atoms with E-state index in [1.165, 1.54) is 11.1 Å². The fourth-order valence-corrected chi connectivity index (χ4v) is 4.52. The predicted octanol–water partition coefficient (Wildman–Crippen LogP) is 5.39. The quantitative estimate of drug-likeness (QED) is 0.699. The first kappa shape index (κ1) is 16.0. The number of benzene rings is 2. The van der Waals surface area contributed by atoms with Crippen molar-refractivity contribution in [1.29, 1.82) is 0 Å². The lowest BCUT2D eigenvalue weighted by Gasteiger charge is -2.54. The van der Waals surface area contributed by atoms with Crippen molar-refractivity contribution >= 4 is 5.78 Å². The number of hydrogen-bond donors (Lipinski definition) is 0. The number of carbonyl (C=O) groups excluding carboxylic acids is 1. The summed E-state index contributed by atoms with van der Waals surface area (Å²) < 4.78 is 0. The fourth-order valence-electron chi connectivity index (χ4n) is 4.52. The van der Waals surface area contributed by atoms with E-state index >= 15 is 0 Å². The maximum atomic E-state index is 13.4. The van der Waals surface area contributed by atoms with Gasteiger partial charge < -0.3 is 0 Å². The second kappa shape index (κ2) is 6.70. The highest BCUT2D eigenvalue weighted by atomic mass is 16.1. The lowest BCUT2D eigenvalue weighted by Crippen LogP contribution is -2.61. The molecule has 0 unspecified atom stereocenters. The third-order valence-electron chi connectivity index (χ3n) is 5.42. The van der Waals surface area contributed by atoms with Crippen molar-refractivity contribution in [2.75, 3.05) is 0 Å². The van der Waals surface area contributed by atoms with Crippen LogP contribution in [0.1, 0.15) is 50.7 Å². The molecule has 0 amide bonds. The molecule has 0 radical (unpaired) electrons. The molecule has 0 aromatic heterocycles. The summed E-state index contributed by atoms with van der Waals surface area (Å²) in [6, 6.07) is 20.8. The van der Waals surface area contributed by atoms with Crippen molar-refractivity contribution in [2.45, 2.75) is 44.9 Å². The standard InChI is InChI=1S/C22H26O/c1-3-11-19-20(12-4-2)22(21(19)23,17-13-7-5-8-14-17)18-15-9-6-10-16-18/h5-10,13-16,19-20H,3-4,11-12H2,1-2H3/t19-,20+/m0/s1. The molecule has 1 aliphatic rings. The van der Waals surface area contributed by atoms with E-state index in [0.717, 1.165) is 25.7 Å². The van der Waals surface area contributed by atoms with E-state index in [0.29, 0.717) is 11.7 Å². The van der Waals surface area contributed by atoms with Crippen LogP contribution in [0, 0.1) is 11.8 Å². The number of ketones is 1. The smallest absolute Gasteiger partial charge is 0.151 e. The molecule has 1 aliphatic carbocycles. The Balaban J connectivity index is 2.15. The van der Waals surface area contributed by atoms with Gasteiger partial charge in [-0.3, -0.25) is 4.79 Å². The van der Waals surface area contributed by atoms with Crippen LogP contribution in [0.2, 0.25) is 0 Å². The van der Waals surface area contributed by atoms with Crippen LogP contribution in [-0.2, 0) is 10.2 Å². The third kappa shape index (κ3) is 2.43. The molecule has 2 aromatic carbocycles. The average Bonchev–Trinajstić information content (AvgIpc) is 2.61. The Kier molecular flexibility index (Phi) is 4.66. The summed E-state index contributed by atoms with van der Waals surface area (Å²) in [6.45, 7) is 4.41. The van der Waals surface area contributed by atoms with Crippen LogP contribution in [0.25, 0.3) is 0 Å². The number of carbonyl (C=O) groups is 1. The van der Waals surface area contributed by atoms with Crippen molar-refractivity contribution in [3.63, 3.8) is 0 Å². The van der Waals surface area contributed by atoms with Crippen molar-refractivity contribution in [3.05, 3.63) is 71.8 Å². The first-order valence-electron chi connectivity index (χ1n) is 8.92. The van der Waals surface area contributed by atoms with Crippen LogP contribution < -0.4 is 0 Å². The molecule has 0 bridgehead atoms. The molecule has 0 heterocycles. The summed E-state index contributed by atoms with van der Waals surface area (Å²) in [5.74, 6) is 1.07. The zero-order valence-corrected chi connectivity index (χ0v) is 14.2. The molecule has 0 N–H and O–H groups in total. The molecule has 1 saturated carbocycles. The molecule has 120 valence electrons. The molecule has 1 nitrogen and oxygen atoms in total. The molecule has 2 atom stereocenters. The van der Waals surface area contributed by atoms with E-state index in [1.807, 2.05) is 12.1 Å². The van der Waals surface area contributed by atoms with Crippen molar-refractivity contribution in [2.24, 2.45) is 11.8 Å². The molecule has 23 heavy (non-hydrogen) atoms. The summed E-state index contributed by atoms with van der Waals surface area (Å²) in [5, 5.41) is 0. The molecular weight excluding hydrogens is 280 g/mol. The monoisotopic (exact) mass is 306 g/mol. The first-order valence-corrected chi connectivity index (χ1v) is 8.92. The van der Waals surface area contributed by atoms with Gasteiger partial charge in [0.25, 0.3) is 0 Å². The molecule has 2 aromatic rings. The topological polar surface area (TPSA) is 17.1 Å². The maximum absolute atomic E-state index is 13.4. The average molecular weight is 306 g/mol. The minimum absolute atomic E-state index is 0.223. The van der Waals surface area contributed by atoms with E-state index in [1.54, 1.807) is 0 Å². The van der Waals surface area contributed by atoms with Gasteiger partial charge in [0, 0.05) is 5.92 Å². The van der Waals surface area contributed by atoms with Crippen molar-refractivity contribution in [3.8, 4) is 0 Å². The maximum Gasteiger partial charge on any atom is 0.151 e. The highest BCUT2D eigenvalue weighted by Gasteiger charge is 2.61. The molecule has 3 rings (SSSR count). The number of hydrogen-bond acceptors (Lipinski definition) is 1. The van der Waals surface area contributed by atoms with Gasteiger partial charge in [-0.25, -0.2) is 0 Å². The number of rotatable bonds is 6. The van der Waals surface area contributed by atoms with Gasteiger partial charge >= 0.3 is 0 Å². The summed E-state index contributed by atoms with van der Waals surface area (Å²) >= 11 is 0. The minimum Gasteiger partial charge on any atom is -0.298 e. The van der Waals surface area contributed by atoms with Gasteiger partial charge in [0.2, 0.25) is 0 Å². The van der Waals surface area contributed by atoms with E-state index in [-0.39, 0.29) is 5.92 Å². The van der Waals surface area contributed by atoms with Crippen LogP contribution in [0.3, 0.4) is 0 Å². The largest absolute Gasteiger partial charge is 0.298 e. The Labute approximate surface area is 139 Å². The molecule has 0 saturated heterocycles. The van der Waals surface area contributed by atoms with Gasteiger partial charge in [-0.05, 0) is 29.9 Å².